The number of thiol groups is 1. The molecule has 1 rings (SSSR count). The van der Waals surface area contributed by atoms with E-state index < -0.39 is 5.25 Å². The molecule has 0 radical (unpaired) electrons. The quantitative estimate of drug-likeness (QED) is 0.494. The molecule has 0 N–H and O–H groups in total. The number of benzene rings is 1. The lowest BCUT2D eigenvalue weighted by Crippen LogP contribution is -2.27. The van der Waals surface area contributed by atoms with Gasteiger partial charge in [0.1, 0.15) is 11.0 Å². The number of rotatable bonds is 6. The van der Waals surface area contributed by atoms with E-state index in [1.165, 1.54) is 0 Å². The number of hydrogen-bond donors (Lipinski definition) is 1. The van der Waals surface area contributed by atoms with E-state index in [9.17, 15) is 4.79 Å². The van der Waals surface area contributed by atoms with Crippen LogP contribution in [0.15, 0.2) is 24.3 Å². The smallest absolute Gasteiger partial charge is 0.323 e. The van der Waals surface area contributed by atoms with Crippen LogP contribution in [-0.4, -0.2) is 29.8 Å². The minimum Gasteiger partial charge on any atom is -0.497 e. The minimum atomic E-state index is -0.651. The zero-order valence-corrected chi connectivity index (χ0v) is 12.1. The first kappa shape index (κ1) is 15.0. The lowest BCUT2D eigenvalue weighted by molar-refractivity contribution is -0.141. The van der Waals surface area contributed by atoms with Crippen LogP contribution in [0.1, 0.15) is 12.5 Å². The van der Waals surface area contributed by atoms with Crippen molar-refractivity contribution in [1.29, 1.82) is 0 Å². The second-order valence-electron chi connectivity index (χ2n) is 3.65. The maximum absolute atomic E-state index is 11.5. The van der Waals surface area contributed by atoms with Crippen LogP contribution in [0.2, 0.25) is 0 Å². The normalized spacial score (nSPS) is 11.7. The van der Waals surface area contributed by atoms with E-state index in [0.717, 1.165) is 11.3 Å². The van der Waals surface area contributed by atoms with Gasteiger partial charge in [-0.2, -0.15) is 12.6 Å². The Morgan fingerprint density at radius 2 is 2.00 bits per heavy atom. The van der Waals surface area contributed by atoms with E-state index in [1.807, 2.05) is 24.3 Å². The SMILES string of the molecule is CCOC(=O)C(S)C(=S)Cc1ccc(OC)cc1. The van der Waals surface area contributed by atoms with Gasteiger partial charge in [-0.15, -0.1) is 0 Å². The highest BCUT2D eigenvalue weighted by molar-refractivity contribution is 7.87. The van der Waals surface area contributed by atoms with Crippen molar-refractivity contribution < 1.29 is 14.3 Å². The van der Waals surface area contributed by atoms with Crippen LogP contribution in [0.25, 0.3) is 0 Å². The highest BCUT2D eigenvalue weighted by atomic mass is 32.1. The zero-order chi connectivity index (χ0) is 13.5. The largest absolute Gasteiger partial charge is 0.497 e. The minimum absolute atomic E-state index is 0.334. The number of esters is 1. The summed E-state index contributed by atoms with van der Waals surface area (Å²) in [6, 6.07) is 7.54. The van der Waals surface area contributed by atoms with Crippen molar-refractivity contribution in [1.82, 2.24) is 0 Å². The Kier molecular flexibility index (Phi) is 6.15. The summed E-state index contributed by atoms with van der Waals surface area (Å²) < 4.78 is 9.95. The number of thiocarbonyl (C=S) groups is 1. The highest BCUT2D eigenvalue weighted by Gasteiger charge is 2.20. The van der Waals surface area contributed by atoms with Crippen LogP contribution in [0.5, 0.6) is 5.75 Å². The lowest BCUT2D eigenvalue weighted by atomic mass is 10.1. The Hall–Kier alpha value is -1.07. The molecule has 1 atom stereocenters. The van der Waals surface area contributed by atoms with Gasteiger partial charge in [0.15, 0.2) is 0 Å². The van der Waals surface area contributed by atoms with Gasteiger partial charge in [-0.1, -0.05) is 24.4 Å². The van der Waals surface area contributed by atoms with Gasteiger partial charge >= 0.3 is 5.97 Å². The Morgan fingerprint density at radius 1 is 1.39 bits per heavy atom. The van der Waals surface area contributed by atoms with Crippen molar-refractivity contribution in [2.24, 2.45) is 0 Å². The van der Waals surface area contributed by atoms with Crippen LogP contribution in [0, 0.1) is 0 Å². The molecule has 0 heterocycles. The van der Waals surface area contributed by atoms with Gasteiger partial charge in [-0.25, -0.2) is 0 Å². The first-order chi connectivity index (χ1) is 8.58. The molecule has 1 unspecified atom stereocenters. The molecule has 0 aromatic heterocycles. The fourth-order valence-corrected chi connectivity index (χ4v) is 1.82. The van der Waals surface area contributed by atoms with Crippen molar-refractivity contribution >= 4 is 35.7 Å². The maximum Gasteiger partial charge on any atom is 0.323 e. The number of methoxy groups -OCH3 is 1. The number of carbonyl (C=O) groups excluding carboxylic acids is 1. The summed E-state index contributed by atoms with van der Waals surface area (Å²) in [5.74, 6) is 0.400. The number of carbonyl (C=O) groups is 1. The number of hydrogen-bond acceptors (Lipinski definition) is 5. The molecule has 3 nitrogen and oxygen atoms in total. The standard InChI is InChI=1S/C13H16O3S2/c1-3-16-13(14)12(18)11(17)8-9-4-6-10(15-2)7-5-9/h4-7,12,18H,3,8H2,1-2H3. The van der Waals surface area contributed by atoms with Gasteiger partial charge in [0.25, 0.3) is 0 Å². The van der Waals surface area contributed by atoms with Crippen molar-refractivity contribution in [2.75, 3.05) is 13.7 Å². The molecular weight excluding hydrogens is 268 g/mol. The second kappa shape index (κ2) is 7.38. The molecule has 1 aromatic rings. The summed E-state index contributed by atoms with van der Waals surface area (Å²) in [4.78, 5) is 12.0. The molecule has 18 heavy (non-hydrogen) atoms. The Labute approximate surface area is 118 Å². The third-order valence-electron chi connectivity index (χ3n) is 2.35. The van der Waals surface area contributed by atoms with Gasteiger partial charge < -0.3 is 9.47 Å². The average Bonchev–Trinajstić information content (AvgIpc) is 2.39. The van der Waals surface area contributed by atoms with Gasteiger partial charge in [-0.3, -0.25) is 4.79 Å². The van der Waals surface area contributed by atoms with Crippen molar-refractivity contribution in [3.63, 3.8) is 0 Å². The fourth-order valence-electron chi connectivity index (χ4n) is 1.39. The average molecular weight is 284 g/mol. The maximum atomic E-state index is 11.5. The van der Waals surface area contributed by atoms with Crippen LogP contribution in [0.4, 0.5) is 0 Å². The van der Waals surface area contributed by atoms with Crippen molar-refractivity contribution in [2.45, 2.75) is 18.6 Å². The molecule has 5 heteroatoms. The van der Waals surface area contributed by atoms with E-state index in [1.54, 1.807) is 14.0 Å². The predicted octanol–water partition coefficient (Wildman–Crippen LogP) is 2.47. The molecule has 98 valence electrons. The molecule has 0 saturated carbocycles. The summed E-state index contributed by atoms with van der Waals surface area (Å²) in [6.45, 7) is 2.09. The third kappa shape index (κ3) is 4.31. The molecule has 0 aliphatic carbocycles. The molecular formula is C13H16O3S2. The summed E-state index contributed by atoms with van der Waals surface area (Å²) in [6.07, 6.45) is 0.520. The monoisotopic (exact) mass is 284 g/mol. The van der Waals surface area contributed by atoms with E-state index in [2.05, 4.69) is 12.6 Å². The highest BCUT2D eigenvalue weighted by Crippen LogP contribution is 2.14. The zero-order valence-electron chi connectivity index (χ0n) is 10.4. The van der Waals surface area contributed by atoms with Gasteiger partial charge in [0.2, 0.25) is 0 Å². The molecule has 0 amide bonds. The van der Waals surface area contributed by atoms with E-state index in [-0.39, 0.29) is 5.97 Å². The molecule has 0 spiro atoms. The van der Waals surface area contributed by atoms with Crippen LogP contribution in [-0.2, 0) is 16.0 Å². The van der Waals surface area contributed by atoms with E-state index >= 15 is 0 Å². The van der Waals surface area contributed by atoms with Crippen LogP contribution >= 0.6 is 24.8 Å². The Balaban J connectivity index is 2.60. The molecule has 0 bridgehead atoms. The van der Waals surface area contributed by atoms with Gasteiger partial charge in [-0.05, 0) is 24.6 Å². The third-order valence-corrected chi connectivity index (χ3v) is 3.43. The molecule has 0 aliphatic heterocycles. The second-order valence-corrected chi connectivity index (χ2v) is 4.69. The first-order valence-corrected chi connectivity index (χ1v) is 6.51. The Morgan fingerprint density at radius 3 is 2.50 bits per heavy atom. The first-order valence-electron chi connectivity index (χ1n) is 5.58. The van der Waals surface area contributed by atoms with E-state index in [0.29, 0.717) is 17.9 Å². The van der Waals surface area contributed by atoms with Gasteiger partial charge in [0, 0.05) is 11.3 Å². The molecule has 1 aromatic carbocycles. The van der Waals surface area contributed by atoms with Crippen molar-refractivity contribution in [3.05, 3.63) is 29.8 Å². The van der Waals surface area contributed by atoms with Crippen LogP contribution < -0.4 is 4.74 Å². The molecule has 0 saturated heterocycles. The topological polar surface area (TPSA) is 35.5 Å². The van der Waals surface area contributed by atoms with Crippen molar-refractivity contribution in [3.8, 4) is 5.75 Å². The summed E-state index contributed by atoms with van der Waals surface area (Å²) in [5.41, 5.74) is 1.02. The van der Waals surface area contributed by atoms with E-state index in [4.69, 9.17) is 21.7 Å². The predicted molar refractivity (Wildman–Crippen MR) is 78.7 cm³/mol. The fraction of sp³-hybridized carbons (Fsp3) is 0.385. The summed E-state index contributed by atoms with van der Waals surface area (Å²) >= 11 is 9.38. The molecule has 0 fully saturated rings. The number of ether oxygens (including phenoxy) is 2. The summed E-state index contributed by atoms with van der Waals surface area (Å²) in [5, 5.41) is -0.651. The van der Waals surface area contributed by atoms with Gasteiger partial charge in [0.05, 0.1) is 13.7 Å². The summed E-state index contributed by atoms with van der Waals surface area (Å²) in [7, 11) is 1.62. The lowest BCUT2D eigenvalue weighted by Gasteiger charge is -2.11. The van der Waals surface area contributed by atoms with Crippen LogP contribution in [0.3, 0.4) is 0 Å². The Bertz CT molecular complexity index is 415. The molecule has 0 aliphatic rings.